The number of amidine groups is 1. The van der Waals surface area contributed by atoms with Gasteiger partial charge < -0.3 is 10.5 Å². The molecule has 20 heavy (non-hydrogen) atoms. The fourth-order valence-corrected chi connectivity index (χ4v) is 1.75. The van der Waals surface area contributed by atoms with Gasteiger partial charge in [-0.05, 0) is 29.2 Å². The van der Waals surface area contributed by atoms with Crippen molar-refractivity contribution in [2.75, 3.05) is 0 Å². The number of hydrogen-bond acceptors (Lipinski definition) is 3. The third kappa shape index (κ3) is 3.35. The zero-order valence-electron chi connectivity index (χ0n) is 12.0. The number of nitrogens with two attached hydrogens (primary N) is 1. The van der Waals surface area contributed by atoms with Gasteiger partial charge >= 0.3 is 0 Å². The van der Waals surface area contributed by atoms with Crippen LogP contribution in [-0.4, -0.2) is 10.8 Å². The molecule has 104 valence electrons. The molecule has 1 aromatic heterocycles. The van der Waals surface area contributed by atoms with E-state index in [0.29, 0.717) is 11.4 Å². The molecular weight excluding hydrogens is 250 g/mol. The highest BCUT2D eigenvalue weighted by Crippen LogP contribution is 2.27. The van der Waals surface area contributed by atoms with Gasteiger partial charge in [0.15, 0.2) is 0 Å². The standard InChI is InChI=1S/C16H19N3O/c1-16(2,3)12-5-4-6-13(9-12)20-14-8-7-11(10-19-14)15(17)18/h4-10H,1-3H3,(H3,17,18). The zero-order valence-corrected chi connectivity index (χ0v) is 12.0. The maximum atomic E-state index is 7.32. The Bertz CT molecular complexity index is 612. The summed E-state index contributed by atoms with van der Waals surface area (Å²) < 4.78 is 5.73. The van der Waals surface area contributed by atoms with Crippen molar-refractivity contribution < 1.29 is 4.74 Å². The van der Waals surface area contributed by atoms with Crippen molar-refractivity contribution in [1.82, 2.24) is 4.98 Å². The molecule has 1 aromatic carbocycles. The normalized spacial score (nSPS) is 11.2. The molecule has 0 aliphatic carbocycles. The number of nitrogens with one attached hydrogen (secondary N) is 1. The average Bonchev–Trinajstić information content (AvgIpc) is 2.38. The second kappa shape index (κ2) is 5.33. The zero-order chi connectivity index (χ0) is 14.8. The summed E-state index contributed by atoms with van der Waals surface area (Å²) in [4.78, 5) is 4.14. The lowest BCUT2D eigenvalue weighted by Crippen LogP contribution is -2.11. The van der Waals surface area contributed by atoms with Crippen molar-refractivity contribution in [2.24, 2.45) is 5.73 Å². The number of aromatic nitrogens is 1. The lowest BCUT2D eigenvalue weighted by atomic mass is 9.87. The minimum atomic E-state index is -0.00113. The highest BCUT2D eigenvalue weighted by molar-refractivity contribution is 5.94. The Morgan fingerprint density at radius 3 is 2.50 bits per heavy atom. The van der Waals surface area contributed by atoms with Crippen LogP contribution in [-0.2, 0) is 5.41 Å². The topological polar surface area (TPSA) is 72.0 Å². The maximum absolute atomic E-state index is 7.32. The fourth-order valence-electron chi connectivity index (χ4n) is 1.75. The molecule has 0 aliphatic heterocycles. The van der Waals surface area contributed by atoms with Gasteiger partial charge in [0, 0.05) is 17.8 Å². The number of pyridine rings is 1. The molecule has 0 spiro atoms. The van der Waals surface area contributed by atoms with Gasteiger partial charge in [0.2, 0.25) is 5.88 Å². The van der Waals surface area contributed by atoms with Crippen LogP contribution in [0.3, 0.4) is 0 Å². The molecule has 1 heterocycles. The maximum Gasteiger partial charge on any atom is 0.219 e. The van der Waals surface area contributed by atoms with Gasteiger partial charge in [0.1, 0.15) is 11.6 Å². The van der Waals surface area contributed by atoms with E-state index in [1.54, 1.807) is 12.1 Å². The number of nitrogen functional groups attached to an aromatic ring is 1. The molecule has 0 saturated heterocycles. The summed E-state index contributed by atoms with van der Waals surface area (Å²) in [6.45, 7) is 6.48. The summed E-state index contributed by atoms with van der Waals surface area (Å²) in [6, 6.07) is 11.4. The van der Waals surface area contributed by atoms with Crippen molar-refractivity contribution in [3.8, 4) is 11.6 Å². The molecule has 0 aliphatic rings. The molecule has 3 N–H and O–H groups in total. The van der Waals surface area contributed by atoms with Crippen LogP contribution in [0, 0.1) is 5.41 Å². The molecule has 0 bridgehead atoms. The van der Waals surface area contributed by atoms with Crippen LogP contribution in [0.15, 0.2) is 42.6 Å². The summed E-state index contributed by atoms with van der Waals surface area (Å²) in [7, 11) is 0. The number of nitrogens with zero attached hydrogens (tertiary/aromatic N) is 1. The van der Waals surface area contributed by atoms with E-state index in [1.165, 1.54) is 11.8 Å². The van der Waals surface area contributed by atoms with Gasteiger partial charge in [0.05, 0.1) is 0 Å². The minimum absolute atomic E-state index is 0.00113. The lowest BCUT2D eigenvalue weighted by molar-refractivity contribution is 0.459. The van der Waals surface area contributed by atoms with E-state index in [4.69, 9.17) is 15.9 Å². The number of benzene rings is 1. The third-order valence-electron chi connectivity index (χ3n) is 2.97. The first-order valence-electron chi connectivity index (χ1n) is 6.45. The predicted octanol–water partition coefficient (Wildman–Crippen LogP) is 3.46. The van der Waals surface area contributed by atoms with Crippen molar-refractivity contribution in [3.63, 3.8) is 0 Å². The Kier molecular flexibility index (Phi) is 3.74. The quantitative estimate of drug-likeness (QED) is 0.662. The Hall–Kier alpha value is -2.36. The van der Waals surface area contributed by atoms with Gasteiger partial charge in [-0.15, -0.1) is 0 Å². The van der Waals surface area contributed by atoms with Crippen LogP contribution in [0.4, 0.5) is 0 Å². The molecule has 2 rings (SSSR count). The molecule has 0 unspecified atom stereocenters. The molecule has 2 aromatic rings. The van der Waals surface area contributed by atoms with E-state index in [2.05, 4.69) is 31.8 Å². The molecule has 0 radical (unpaired) electrons. The van der Waals surface area contributed by atoms with E-state index in [-0.39, 0.29) is 11.3 Å². The van der Waals surface area contributed by atoms with Gasteiger partial charge in [-0.1, -0.05) is 32.9 Å². The summed E-state index contributed by atoms with van der Waals surface area (Å²) in [5.74, 6) is 1.24. The van der Waals surface area contributed by atoms with Crippen molar-refractivity contribution in [1.29, 1.82) is 5.41 Å². The molecule has 0 saturated carbocycles. The summed E-state index contributed by atoms with van der Waals surface area (Å²) in [5, 5.41) is 7.32. The van der Waals surface area contributed by atoms with Gasteiger partial charge in [-0.2, -0.15) is 0 Å². The molecule has 0 atom stereocenters. The van der Waals surface area contributed by atoms with E-state index >= 15 is 0 Å². The monoisotopic (exact) mass is 269 g/mol. The molecule has 4 nitrogen and oxygen atoms in total. The first-order chi connectivity index (χ1) is 9.36. The summed E-state index contributed by atoms with van der Waals surface area (Å²) >= 11 is 0. The van der Waals surface area contributed by atoms with E-state index in [1.807, 2.05) is 18.2 Å². The summed E-state index contributed by atoms with van der Waals surface area (Å²) in [5.41, 5.74) is 7.25. The number of rotatable bonds is 3. The van der Waals surface area contributed by atoms with Crippen molar-refractivity contribution in [2.45, 2.75) is 26.2 Å². The van der Waals surface area contributed by atoms with Crippen LogP contribution in [0.25, 0.3) is 0 Å². The van der Waals surface area contributed by atoms with E-state index in [0.717, 1.165) is 5.75 Å². The van der Waals surface area contributed by atoms with Crippen LogP contribution in [0.1, 0.15) is 31.9 Å². The van der Waals surface area contributed by atoms with Crippen LogP contribution >= 0.6 is 0 Å². The fraction of sp³-hybridized carbons (Fsp3) is 0.250. The SMILES string of the molecule is CC(C)(C)c1cccc(Oc2ccc(C(=N)N)cn2)c1. The smallest absolute Gasteiger partial charge is 0.219 e. The highest BCUT2D eigenvalue weighted by atomic mass is 16.5. The van der Waals surface area contributed by atoms with E-state index < -0.39 is 0 Å². The first kappa shape index (κ1) is 14.1. The predicted molar refractivity (Wildman–Crippen MR) is 80.5 cm³/mol. The van der Waals surface area contributed by atoms with Crippen LogP contribution in [0.5, 0.6) is 11.6 Å². The Morgan fingerprint density at radius 2 is 1.95 bits per heavy atom. The second-order valence-corrected chi connectivity index (χ2v) is 5.68. The Balaban J connectivity index is 2.20. The Labute approximate surface area is 119 Å². The number of hydrogen-bond donors (Lipinski definition) is 2. The highest BCUT2D eigenvalue weighted by Gasteiger charge is 2.14. The first-order valence-corrected chi connectivity index (χ1v) is 6.45. The second-order valence-electron chi connectivity index (χ2n) is 5.68. The van der Waals surface area contributed by atoms with Crippen LogP contribution < -0.4 is 10.5 Å². The largest absolute Gasteiger partial charge is 0.439 e. The molecular formula is C16H19N3O. The lowest BCUT2D eigenvalue weighted by Gasteiger charge is -2.19. The minimum Gasteiger partial charge on any atom is -0.439 e. The molecule has 4 heteroatoms. The van der Waals surface area contributed by atoms with Crippen molar-refractivity contribution >= 4 is 5.84 Å². The average molecular weight is 269 g/mol. The van der Waals surface area contributed by atoms with Gasteiger partial charge in [-0.25, -0.2) is 4.98 Å². The molecule has 0 amide bonds. The van der Waals surface area contributed by atoms with E-state index in [9.17, 15) is 0 Å². The van der Waals surface area contributed by atoms with Gasteiger partial charge in [-0.3, -0.25) is 5.41 Å². The summed E-state index contributed by atoms with van der Waals surface area (Å²) in [6.07, 6.45) is 1.53. The van der Waals surface area contributed by atoms with Gasteiger partial charge in [0.25, 0.3) is 0 Å². The number of ether oxygens (including phenoxy) is 1. The molecule has 0 fully saturated rings. The van der Waals surface area contributed by atoms with Crippen LogP contribution in [0.2, 0.25) is 0 Å². The van der Waals surface area contributed by atoms with Crippen molar-refractivity contribution in [3.05, 3.63) is 53.7 Å². The Morgan fingerprint density at radius 1 is 1.20 bits per heavy atom. The third-order valence-corrected chi connectivity index (χ3v) is 2.97.